The average molecular weight is 187 g/mol. The molecule has 0 aliphatic heterocycles. The van der Waals surface area contributed by atoms with E-state index in [-0.39, 0.29) is 11.6 Å². The van der Waals surface area contributed by atoms with Crippen LogP contribution in [0.3, 0.4) is 0 Å². The molecule has 0 aromatic heterocycles. The van der Waals surface area contributed by atoms with Crippen molar-refractivity contribution in [3.05, 3.63) is 30.3 Å². The lowest BCUT2D eigenvalue weighted by atomic mass is 10.4. The first-order valence-electron chi connectivity index (χ1n) is 3.31. The van der Waals surface area contributed by atoms with E-state index in [0.717, 1.165) is 0 Å². The number of hydrogen-bond donors (Lipinski definition) is 1. The van der Waals surface area contributed by atoms with Gasteiger partial charge in [0.15, 0.2) is 0 Å². The van der Waals surface area contributed by atoms with Crippen molar-refractivity contribution < 1.29 is 12.6 Å². The summed E-state index contributed by atoms with van der Waals surface area (Å²) >= 11 is 0. The standard InChI is InChI=1S/C7H9NO3S/c8-6-11-12(9,10)7-4-2-1-3-5-7/h1-5H,6,8H2. The van der Waals surface area contributed by atoms with Gasteiger partial charge in [0, 0.05) is 0 Å². The maximum Gasteiger partial charge on any atom is 0.298 e. The maximum atomic E-state index is 11.1. The molecule has 0 aliphatic rings. The van der Waals surface area contributed by atoms with Crippen molar-refractivity contribution in [3.8, 4) is 0 Å². The van der Waals surface area contributed by atoms with Crippen LogP contribution in [0.1, 0.15) is 0 Å². The summed E-state index contributed by atoms with van der Waals surface area (Å²) in [7, 11) is -3.64. The van der Waals surface area contributed by atoms with Crippen LogP contribution in [0.15, 0.2) is 35.2 Å². The summed E-state index contributed by atoms with van der Waals surface area (Å²) in [5.41, 5.74) is 4.95. The van der Waals surface area contributed by atoms with Crippen LogP contribution in [0.25, 0.3) is 0 Å². The number of rotatable bonds is 3. The summed E-state index contributed by atoms with van der Waals surface area (Å²) < 4.78 is 26.6. The molecule has 12 heavy (non-hydrogen) atoms. The molecular formula is C7H9NO3S. The lowest BCUT2D eigenvalue weighted by molar-refractivity contribution is 0.329. The molecule has 1 aromatic carbocycles. The van der Waals surface area contributed by atoms with Crippen LogP contribution >= 0.6 is 0 Å². The van der Waals surface area contributed by atoms with E-state index in [1.165, 1.54) is 12.1 Å². The van der Waals surface area contributed by atoms with Gasteiger partial charge in [-0.05, 0) is 12.1 Å². The number of nitrogens with two attached hydrogens (primary N) is 1. The van der Waals surface area contributed by atoms with E-state index >= 15 is 0 Å². The minimum atomic E-state index is -3.64. The normalized spacial score (nSPS) is 11.4. The van der Waals surface area contributed by atoms with Gasteiger partial charge in [0.25, 0.3) is 10.1 Å². The Morgan fingerprint density at radius 3 is 2.33 bits per heavy atom. The minimum absolute atomic E-state index is 0.121. The molecule has 0 unspecified atom stereocenters. The fraction of sp³-hybridized carbons (Fsp3) is 0.143. The first kappa shape index (κ1) is 9.18. The van der Waals surface area contributed by atoms with Crippen LogP contribution in [0, 0.1) is 0 Å². The monoisotopic (exact) mass is 187 g/mol. The van der Waals surface area contributed by atoms with Gasteiger partial charge >= 0.3 is 0 Å². The maximum absolute atomic E-state index is 11.1. The second-order valence-corrected chi connectivity index (χ2v) is 3.67. The Kier molecular flexibility index (Phi) is 2.80. The first-order chi connectivity index (χ1) is 5.67. The van der Waals surface area contributed by atoms with Crippen molar-refractivity contribution in [1.82, 2.24) is 0 Å². The second-order valence-electron chi connectivity index (χ2n) is 2.05. The minimum Gasteiger partial charge on any atom is -0.307 e. The van der Waals surface area contributed by atoms with Crippen molar-refractivity contribution in [3.63, 3.8) is 0 Å². The second kappa shape index (κ2) is 3.66. The van der Waals surface area contributed by atoms with Gasteiger partial charge in [0.2, 0.25) is 0 Å². The van der Waals surface area contributed by atoms with Gasteiger partial charge in [-0.15, -0.1) is 0 Å². The molecule has 2 N–H and O–H groups in total. The summed E-state index contributed by atoms with van der Waals surface area (Å²) in [6, 6.07) is 7.86. The van der Waals surface area contributed by atoms with Crippen molar-refractivity contribution in [2.75, 3.05) is 6.73 Å². The Hall–Kier alpha value is -0.910. The fourth-order valence-electron chi connectivity index (χ4n) is 0.745. The molecule has 0 saturated heterocycles. The third kappa shape index (κ3) is 2.04. The van der Waals surface area contributed by atoms with E-state index in [2.05, 4.69) is 4.18 Å². The molecule has 0 radical (unpaired) electrons. The predicted octanol–water partition coefficient (Wildman–Crippen LogP) is 0.308. The molecule has 5 heteroatoms. The van der Waals surface area contributed by atoms with E-state index in [4.69, 9.17) is 5.73 Å². The Morgan fingerprint density at radius 2 is 1.83 bits per heavy atom. The van der Waals surface area contributed by atoms with Gasteiger partial charge in [0.1, 0.15) is 6.73 Å². The zero-order valence-electron chi connectivity index (χ0n) is 6.30. The lowest BCUT2D eigenvalue weighted by Gasteiger charge is -2.01. The van der Waals surface area contributed by atoms with Crippen LogP contribution in [0.2, 0.25) is 0 Å². The van der Waals surface area contributed by atoms with E-state index in [9.17, 15) is 8.42 Å². The fourth-order valence-corrected chi connectivity index (χ4v) is 1.55. The highest BCUT2D eigenvalue weighted by Crippen LogP contribution is 2.09. The van der Waals surface area contributed by atoms with Crippen molar-refractivity contribution in [1.29, 1.82) is 0 Å². The molecule has 0 amide bonds. The van der Waals surface area contributed by atoms with Crippen LogP contribution in [0.4, 0.5) is 0 Å². The first-order valence-corrected chi connectivity index (χ1v) is 4.72. The van der Waals surface area contributed by atoms with Gasteiger partial charge in [-0.2, -0.15) is 8.42 Å². The topological polar surface area (TPSA) is 69.4 Å². The average Bonchev–Trinajstić information content (AvgIpc) is 2.06. The highest BCUT2D eigenvalue weighted by Gasteiger charge is 2.12. The predicted molar refractivity (Wildman–Crippen MR) is 43.8 cm³/mol. The van der Waals surface area contributed by atoms with Gasteiger partial charge in [-0.3, -0.25) is 4.18 Å². The smallest absolute Gasteiger partial charge is 0.298 e. The Morgan fingerprint density at radius 1 is 1.25 bits per heavy atom. The molecule has 1 aromatic rings. The van der Waals surface area contributed by atoms with Crippen LogP contribution in [-0.2, 0) is 14.3 Å². The molecular weight excluding hydrogens is 178 g/mol. The van der Waals surface area contributed by atoms with Crippen molar-refractivity contribution >= 4 is 10.1 Å². The highest BCUT2D eigenvalue weighted by molar-refractivity contribution is 7.86. The van der Waals surface area contributed by atoms with E-state index in [1.54, 1.807) is 18.2 Å². The largest absolute Gasteiger partial charge is 0.307 e. The number of benzene rings is 1. The van der Waals surface area contributed by atoms with Crippen LogP contribution < -0.4 is 5.73 Å². The third-order valence-electron chi connectivity index (χ3n) is 1.26. The van der Waals surface area contributed by atoms with E-state index in [1.807, 2.05) is 0 Å². The van der Waals surface area contributed by atoms with E-state index in [0.29, 0.717) is 0 Å². The zero-order valence-corrected chi connectivity index (χ0v) is 7.12. The SMILES string of the molecule is NCOS(=O)(=O)c1ccccc1. The lowest BCUT2D eigenvalue weighted by Crippen LogP contribution is -2.12. The van der Waals surface area contributed by atoms with Gasteiger partial charge in [-0.25, -0.2) is 0 Å². The summed E-state index contributed by atoms with van der Waals surface area (Å²) in [5, 5.41) is 0. The molecule has 0 heterocycles. The zero-order chi connectivity index (χ0) is 9.03. The molecule has 1 rings (SSSR count). The van der Waals surface area contributed by atoms with Crippen LogP contribution in [-0.4, -0.2) is 15.1 Å². The Bertz CT molecular complexity index is 333. The summed E-state index contributed by atoms with van der Waals surface area (Å²) in [6.45, 7) is -0.336. The Labute approximate surface area is 71.1 Å². The molecule has 0 atom stereocenters. The highest BCUT2D eigenvalue weighted by atomic mass is 32.2. The Balaban J connectivity index is 2.99. The quantitative estimate of drug-likeness (QED) is 0.546. The van der Waals surface area contributed by atoms with Crippen molar-refractivity contribution in [2.24, 2.45) is 5.73 Å². The summed E-state index contributed by atoms with van der Waals surface area (Å²) in [6.07, 6.45) is 0. The van der Waals surface area contributed by atoms with Gasteiger partial charge in [-0.1, -0.05) is 18.2 Å². The molecule has 0 spiro atoms. The molecule has 0 aliphatic carbocycles. The molecule has 0 saturated carbocycles. The molecule has 0 fully saturated rings. The van der Waals surface area contributed by atoms with Crippen molar-refractivity contribution in [2.45, 2.75) is 4.90 Å². The molecule has 66 valence electrons. The summed E-state index contributed by atoms with van der Waals surface area (Å²) in [4.78, 5) is 0.121. The molecule has 0 bridgehead atoms. The van der Waals surface area contributed by atoms with Crippen LogP contribution in [0.5, 0.6) is 0 Å². The van der Waals surface area contributed by atoms with Gasteiger partial charge < -0.3 is 5.73 Å². The summed E-state index contributed by atoms with van der Waals surface area (Å²) in [5.74, 6) is 0. The molecule has 4 nitrogen and oxygen atoms in total. The van der Waals surface area contributed by atoms with E-state index < -0.39 is 10.1 Å². The third-order valence-corrected chi connectivity index (χ3v) is 2.55. The van der Waals surface area contributed by atoms with Gasteiger partial charge in [0.05, 0.1) is 4.90 Å². The number of hydrogen-bond acceptors (Lipinski definition) is 4.